The van der Waals surface area contributed by atoms with Gasteiger partial charge < -0.3 is 14.6 Å². The molecule has 134 valence electrons. The van der Waals surface area contributed by atoms with Gasteiger partial charge in [0.2, 0.25) is 0 Å². The molecule has 0 bridgehead atoms. The highest BCUT2D eigenvalue weighted by Crippen LogP contribution is 2.30. The molecule has 0 aromatic heterocycles. The number of aromatic hydroxyl groups is 2. The minimum atomic E-state index is -1.92. The van der Waals surface area contributed by atoms with E-state index in [-0.39, 0.29) is 17.3 Å². The highest BCUT2D eigenvalue weighted by molar-refractivity contribution is 6.74. The number of phenols is 2. The third kappa shape index (κ3) is 4.86. The van der Waals surface area contributed by atoms with Crippen molar-refractivity contribution in [2.45, 2.75) is 38.9 Å². The lowest BCUT2D eigenvalue weighted by Gasteiger charge is -2.29. The van der Waals surface area contributed by atoms with E-state index in [9.17, 15) is 14.6 Å². The molecule has 0 atom stereocenters. The van der Waals surface area contributed by atoms with Crippen LogP contribution in [0.15, 0.2) is 36.4 Å². The van der Waals surface area contributed by atoms with Gasteiger partial charge in [-0.15, -0.1) is 0 Å². The van der Waals surface area contributed by atoms with Crippen LogP contribution in [0.25, 0.3) is 12.2 Å². The van der Waals surface area contributed by atoms with Gasteiger partial charge in [0.15, 0.2) is 0 Å². The van der Waals surface area contributed by atoms with Crippen LogP contribution in [0.2, 0.25) is 18.1 Å². The van der Waals surface area contributed by atoms with E-state index < -0.39 is 8.32 Å². The molecule has 25 heavy (non-hydrogen) atoms. The highest BCUT2D eigenvalue weighted by atomic mass is 28.4. The molecule has 0 aliphatic heterocycles. The zero-order valence-corrected chi connectivity index (χ0v) is 15.9. The summed E-state index contributed by atoms with van der Waals surface area (Å²) in [6.45, 7) is 6.39. The Balaban J connectivity index is 2.36. The fourth-order valence-electron chi connectivity index (χ4n) is 2.83. The summed E-state index contributed by atoms with van der Waals surface area (Å²) < 4.78 is 20.1. The van der Waals surface area contributed by atoms with Gasteiger partial charge in [-0.05, 0) is 48.0 Å². The maximum atomic E-state index is 13.7. The van der Waals surface area contributed by atoms with Gasteiger partial charge >= 0.3 is 0 Å². The Morgan fingerprint density at radius 2 is 1.52 bits per heavy atom. The minimum absolute atomic E-state index is 0.00963. The SMILES string of the molecule is CC[Si](CC)(CC)Oc1cc(F)ccc1/C=C/c1cc(O)cc(O)c1. The number of phenolic OH excluding ortho intramolecular Hbond substituents is 2. The Labute approximate surface area is 149 Å². The number of hydrogen-bond acceptors (Lipinski definition) is 3. The standard InChI is InChI=1S/C20H25FO3Si/c1-4-25(5-2,6-3)24-20-13-17(21)10-9-16(20)8-7-15-11-18(22)14-19(23)12-15/h7-14,22-23H,4-6H2,1-3H3/b8-7+. The van der Waals surface area contributed by atoms with Crippen LogP contribution >= 0.6 is 0 Å². The maximum absolute atomic E-state index is 13.7. The molecule has 0 aliphatic carbocycles. The summed E-state index contributed by atoms with van der Waals surface area (Å²) >= 11 is 0. The third-order valence-electron chi connectivity index (χ3n) is 4.62. The molecule has 5 heteroatoms. The summed E-state index contributed by atoms with van der Waals surface area (Å²) in [6, 6.07) is 11.8. The predicted octanol–water partition coefficient (Wildman–Crippen LogP) is 5.79. The molecule has 2 aromatic carbocycles. The highest BCUT2D eigenvalue weighted by Gasteiger charge is 2.31. The number of hydrogen-bond donors (Lipinski definition) is 2. The molecule has 0 aliphatic rings. The average Bonchev–Trinajstić information content (AvgIpc) is 2.58. The molecule has 0 radical (unpaired) electrons. The van der Waals surface area contributed by atoms with Crippen LogP contribution in [0.4, 0.5) is 4.39 Å². The van der Waals surface area contributed by atoms with Crippen LogP contribution in [-0.2, 0) is 0 Å². The van der Waals surface area contributed by atoms with Crippen molar-refractivity contribution in [3.8, 4) is 17.2 Å². The fraction of sp³-hybridized carbons (Fsp3) is 0.300. The number of benzene rings is 2. The van der Waals surface area contributed by atoms with Crippen molar-refractivity contribution in [3.63, 3.8) is 0 Å². The van der Waals surface area contributed by atoms with Gasteiger partial charge in [-0.3, -0.25) is 0 Å². The zero-order chi connectivity index (χ0) is 18.4. The first-order valence-electron chi connectivity index (χ1n) is 8.61. The van der Waals surface area contributed by atoms with E-state index in [1.807, 2.05) is 6.08 Å². The Hall–Kier alpha value is -2.27. The minimum Gasteiger partial charge on any atom is -0.543 e. The fourth-order valence-corrected chi connectivity index (χ4v) is 5.41. The van der Waals surface area contributed by atoms with E-state index in [0.717, 1.165) is 23.7 Å². The molecule has 0 fully saturated rings. The van der Waals surface area contributed by atoms with Crippen LogP contribution in [-0.4, -0.2) is 18.5 Å². The third-order valence-corrected chi connectivity index (χ3v) is 9.13. The molecule has 3 nitrogen and oxygen atoms in total. The number of rotatable bonds is 7. The van der Waals surface area contributed by atoms with Gasteiger partial charge in [0, 0.05) is 17.7 Å². The van der Waals surface area contributed by atoms with Crippen molar-refractivity contribution in [2.75, 3.05) is 0 Å². The lowest BCUT2D eigenvalue weighted by atomic mass is 10.1. The van der Waals surface area contributed by atoms with Crippen LogP contribution in [0, 0.1) is 5.82 Å². The second kappa shape index (κ2) is 8.21. The van der Waals surface area contributed by atoms with Crippen LogP contribution in [0.5, 0.6) is 17.2 Å². The summed E-state index contributed by atoms with van der Waals surface area (Å²) in [7, 11) is -1.92. The first kappa shape index (κ1) is 19.1. The Morgan fingerprint density at radius 3 is 2.08 bits per heavy atom. The van der Waals surface area contributed by atoms with Crippen LogP contribution in [0.3, 0.4) is 0 Å². The Morgan fingerprint density at radius 1 is 0.920 bits per heavy atom. The number of halogens is 1. The Bertz CT molecular complexity index is 726. The van der Waals surface area contributed by atoms with Crippen molar-refractivity contribution in [3.05, 3.63) is 53.3 Å². The van der Waals surface area contributed by atoms with Gasteiger partial charge in [0.1, 0.15) is 23.1 Å². The van der Waals surface area contributed by atoms with E-state index in [0.29, 0.717) is 11.3 Å². The Kier molecular flexibility index (Phi) is 6.25. The summed E-state index contributed by atoms with van der Waals surface area (Å²) in [5.41, 5.74) is 1.43. The van der Waals surface area contributed by atoms with Crippen molar-refractivity contribution in [1.82, 2.24) is 0 Å². The molecule has 2 N–H and O–H groups in total. The van der Waals surface area contributed by atoms with Gasteiger partial charge in [0.05, 0.1) is 0 Å². The van der Waals surface area contributed by atoms with Crippen LogP contribution < -0.4 is 4.43 Å². The lowest BCUT2D eigenvalue weighted by Crippen LogP contribution is -2.39. The van der Waals surface area contributed by atoms with Crippen LogP contribution in [0.1, 0.15) is 31.9 Å². The summed E-state index contributed by atoms with van der Waals surface area (Å²) in [5, 5.41) is 19.1. The van der Waals surface area contributed by atoms with Gasteiger partial charge in [-0.2, -0.15) is 0 Å². The van der Waals surface area contributed by atoms with Gasteiger partial charge in [0.25, 0.3) is 8.32 Å². The van der Waals surface area contributed by atoms with E-state index >= 15 is 0 Å². The lowest BCUT2D eigenvalue weighted by molar-refractivity contribution is 0.450. The molecule has 0 unspecified atom stereocenters. The van der Waals surface area contributed by atoms with Gasteiger partial charge in [-0.25, -0.2) is 4.39 Å². The topological polar surface area (TPSA) is 49.7 Å². The van der Waals surface area contributed by atoms with Crippen molar-refractivity contribution >= 4 is 20.5 Å². The second-order valence-corrected chi connectivity index (χ2v) is 10.8. The molecule has 0 amide bonds. The molecule has 2 rings (SSSR count). The molecule has 2 aromatic rings. The molecular formula is C20H25FO3Si. The zero-order valence-electron chi connectivity index (χ0n) is 14.9. The van der Waals surface area contributed by atoms with Crippen molar-refractivity contribution in [2.24, 2.45) is 0 Å². The largest absolute Gasteiger partial charge is 0.543 e. The summed E-state index contributed by atoms with van der Waals surface area (Å²) in [5.74, 6) is 0.209. The normalized spacial score (nSPS) is 11.8. The van der Waals surface area contributed by atoms with Gasteiger partial charge in [-0.1, -0.05) is 32.9 Å². The monoisotopic (exact) mass is 360 g/mol. The average molecular weight is 361 g/mol. The molecule has 0 saturated heterocycles. The quantitative estimate of drug-likeness (QED) is 0.485. The first-order valence-corrected chi connectivity index (χ1v) is 11.1. The molecule has 0 heterocycles. The van der Waals surface area contributed by atoms with Crippen molar-refractivity contribution < 1.29 is 19.0 Å². The second-order valence-electron chi connectivity index (χ2n) is 6.14. The maximum Gasteiger partial charge on any atom is 0.250 e. The predicted molar refractivity (Wildman–Crippen MR) is 103 cm³/mol. The van der Waals surface area contributed by atoms with Crippen molar-refractivity contribution in [1.29, 1.82) is 0 Å². The smallest absolute Gasteiger partial charge is 0.250 e. The molecule has 0 saturated carbocycles. The van der Waals surface area contributed by atoms with E-state index in [1.54, 1.807) is 24.3 Å². The summed E-state index contributed by atoms with van der Waals surface area (Å²) in [4.78, 5) is 0. The van der Waals surface area contributed by atoms with E-state index in [1.165, 1.54) is 18.2 Å². The summed E-state index contributed by atoms with van der Waals surface area (Å²) in [6.07, 6.45) is 3.57. The van der Waals surface area contributed by atoms with E-state index in [2.05, 4.69) is 20.8 Å². The molecule has 0 spiro atoms. The molecular weight excluding hydrogens is 335 g/mol. The van der Waals surface area contributed by atoms with E-state index in [4.69, 9.17) is 4.43 Å². The first-order chi connectivity index (χ1) is 11.9.